The molecule has 23 heavy (non-hydrogen) atoms. The van der Waals surface area contributed by atoms with Crippen molar-refractivity contribution in [2.24, 2.45) is 0 Å². The maximum atomic E-state index is 6.13. The minimum Gasteiger partial charge on any atom is -0.370 e. The molecule has 0 amide bonds. The summed E-state index contributed by atoms with van der Waals surface area (Å²) >= 11 is 12.1. The van der Waals surface area contributed by atoms with Gasteiger partial charge >= 0.3 is 0 Å². The van der Waals surface area contributed by atoms with Crippen LogP contribution in [0.2, 0.25) is 10.0 Å². The fourth-order valence-electron chi connectivity index (χ4n) is 2.76. The number of nitrogens with zero attached hydrogens (tertiary/aromatic N) is 3. The van der Waals surface area contributed by atoms with Crippen molar-refractivity contribution in [2.45, 2.75) is 25.9 Å². The van der Waals surface area contributed by atoms with Crippen molar-refractivity contribution in [3.05, 3.63) is 51.9 Å². The number of hydrogen-bond acceptors (Lipinski definition) is 4. The van der Waals surface area contributed by atoms with Gasteiger partial charge in [-0.25, -0.2) is 9.97 Å². The van der Waals surface area contributed by atoms with E-state index in [4.69, 9.17) is 27.9 Å². The topological polar surface area (TPSA) is 38.2 Å². The first-order valence-corrected chi connectivity index (χ1v) is 8.43. The summed E-state index contributed by atoms with van der Waals surface area (Å²) in [5.74, 6) is 1.36. The lowest BCUT2D eigenvalue weighted by atomic mass is 10.0. The van der Waals surface area contributed by atoms with E-state index in [0.717, 1.165) is 30.0 Å². The molecule has 1 atom stereocenters. The lowest BCUT2D eigenvalue weighted by molar-refractivity contribution is 0.0394. The van der Waals surface area contributed by atoms with E-state index in [0.29, 0.717) is 22.6 Å². The zero-order chi connectivity index (χ0) is 16.4. The van der Waals surface area contributed by atoms with Crippen LogP contribution in [0.25, 0.3) is 0 Å². The van der Waals surface area contributed by atoms with Crippen LogP contribution < -0.4 is 4.90 Å². The summed E-state index contributed by atoms with van der Waals surface area (Å²) in [6.07, 6.45) is 3.45. The van der Waals surface area contributed by atoms with E-state index in [-0.39, 0.29) is 6.10 Å². The number of morpholine rings is 1. The normalized spacial score (nSPS) is 18.5. The Bertz CT molecular complexity index is 693. The Labute approximate surface area is 146 Å². The quantitative estimate of drug-likeness (QED) is 0.816. The van der Waals surface area contributed by atoms with Crippen LogP contribution in [0.4, 0.5) is 5.82 Å². The summed E-state index contributed by atoms with van der Waals surface area (Å²) in [4.78, 5) is 10.9. The van der Waals surface area contributed by atoms with E-state index in [1.165, 1.54) is 0 Å². The summed E-state index contributed by atoms with van der Waals surface area (Å²) in [6.45, 7) is 6.49. The Balaban J connectivity index is 1.85. The predicted molar refractivity (Wildman–Crippen MR) is 93.5 cm³/mol. The monoisotopic (exact) mass is 351 g/mol. The van der Waals surface area contributed by atoms with Gasteiger partial charge in [-0.05, 0) is 23.6 Å². The third kappa shape index (κ3) is 3.60. The maximum Gasteiger partial charge on any atom is 0.135 e. The largest absolute Gasteiger partial charge is 0.370 e. The van der Waals surface area contributed by atoms with Crippen molar-refractivity contribution in [2.75, 3.05) is 24.6 Å². The van der Waals surface area contributed by atoms with E-state index in [2.05, 4.69) is 28.7 Å². The maximum absolute atomic E-state index is 6.13. The molecule has 0 unspecified atom stereocenters. The van der Waals surface area contributed by atoms with Gasteiger partial charge in [0.05, 0.1) is 16.7 Å². The van der Waals surface area contributed by atoms with Crippen molar-refractivity contribution in [3.63, 3.8) is 0 Å². The summed E-state index contributed by atoms with van der Waals surface area (Å²) in [7, 11) is 0. The minimum atomic E-state index is -0.0477. The highest BCUT2D eigenvalue weighted by molar-refractivity contribution is 6.42. The summed E-state index contributed by atoms with van der Waals surface area (Å²) in [6, 6.07) is 5.65. The summed E-state index contributed by atoms with van der Waals surface area (Å²) in [5.41, 5.74) is 2.19. The number of benzene rings is 1. The van der Waals surface area contributed by atoms with E-state index in [9.17, 15) is 0 Å². The first-order valence-electron chi connectivity index (χ1n) is 7.67. The first-order chi connectivity index (χ1) is 11.1. The van der Waals surface area contributed by atoms with Gasteiger partial charge in [0.2, 0.25) is 0 Å². The van der Waals surface area contributed by atoms with Crippen LogP contribution in [-0.4, -0.2) is 29.7 Å². The van der Waals surface area contributed by atoms with Gasteiger partial charge in [-0.1, -0.05) is 43.1 Å². The van der Waals surface area contributed by atoms with E-state index < -0.39 is 0 Å². The predicted octanol–water partition coefficient (Wildman–Crippen LogP) is 4.48. The number of anilines is 1. The van der Waals surface area contributed by atoms with Gasteiger partial charge in [0.1, 0.15) is 18.2 Å². The van der Waals surface area contributed by atoms with Gasteiger partial charge in [-0.2, -0.15) is 0 Å². The Kier molecular flexibility index (Phi) is 5.05. The van der Waals surface area contributed by atoms with Crippen LogP contribution in [0, 0.1) is 0 Å². The lowest BCUT2D eigenvalue weighted by Gasteiger charge is -2.35. The molecule has 1 aromatic carbocycles. The second-order valence-electron chi connectivity index (χ2n) is 5.94. The Morgan fingerprint density at radius 3 is 2.83 bits per heavy atom. The molecular formula is C17H19Cl2N3O. The standard InChI is InChI=1S/C17H19Cl2N3O/c1-11(2)13-8-20-10-21-17(13)22-5-6-23-16(9-22)12-3-4-14(18)15(19)7-12/h3-4,7-8,10-11,16H,5-6,9H2,1-2H3/t16-/m1/s1. The first kappa shape index (κ1) is 16.5. The molecule has 2 aromatic rings. The van der Waals surface area contributed by atoms with Crippen LogP contribution in [0.3, 0.4) is 0 Å². The number of halogens is 2. The average molecular weight is 352 g/mol. The Hall–Kier alpha value is -1.36. The zero-order valence-corrected chi connectivity index (χ0v) is 14.7. The number of aromatic nitrogens is 2. The van der Waals surface area contributed by atoms with Crippen molar-refractivity contribution < 1.29 is 4.74 Å². The van der Waals surface area contributed by atoms with Gasteiger partial charge in [-0.3, -0.25) is 0 Å². The summed E-state index contributed by atoms with van der Waals surface area (Å²) < 4.78 is 5.92. The molecule has 1 aliphatic rings. The highest BCUT2D eigenvalue weighted by Crippen LogP contribution is 2.32. The van der Waals surface area contributed by atoms with Gasteiger partial charge in [0.15, 0.2) is 0 Å². The molecule has 122 valence electrons. The molecular weight excluding hydrogens is 333 g/mol. The third-order valence-electron chi connectivity index (χ3n) is 4.02. The number of ether oxygens (including phenoxy) is 1. The Morgan fingerprint density at radius 1 is 1.26 bits per heavy atom. The molecule has 1 aliphatic heterocycles. The molecule has 0 saturated carbocycles. The van der Waals surface area contributed by atoms with Crippen molar-refractivity contribution in [1.82, 2.24) is 9.97 Å². The van der Waals surface area contributed by atoms with Crippen LogP contribution in [-0.2, 0) is 4.74 Å². The fourth-order valence-corrected chi connectivity index (χ4v) is 3.07. The molecule has 0 spiro atoms. The third-order valence-corrected chi connectivity index (χ3v) is 4.76. The highest BCUT2D eigenvalue weighted by atomic mass is 35.5. The second-order valence-corrected chi connectivity index (χ2v) is 6.75. The van der Waals surface area contributed by atoms with Crippen molar-refractivity contribution >= 4 is 29.0 Å². The molecule has 3 rings (SSSR count). The van der Waals surface area contributed by atoms with Crippen molar-refractivity contribution in [3.8, 4) is 0 Å². The van der Waals surface area contributed by atoms with Gasteiger partial charge in [-0.15, -0.1) is 0 Å². The van der Waals surface area contributed by atoms with Gasteiger partial charge in [0, 0.05) is 24.8 Å². The van der Waals surface area contributed by atoms with Crippen LogP contribution in [0.5, 0.6) is 0 Å². The second kappa shape index (κ2) is 7.04. The molecule has 0 radical (unpaired) electrons. The van der Waals surface area contributed by atoms with E-state index in [1.807, 2.05) is 24.4 Å². The molecule has 6 heteroatoms. The lowest BCUT2D eigenvalue weighted by Crippen LogP contribution is -2.39. The van der Waals surface area contributed by atoms with Crippen molar-refractivity contribution in [1.29, 1.82) is 0 Å². The fraction of sp³-hybridized carbons (Fsp3) is 0.412. The van der Waals surface area contributed by atoms with Crippen LogP contribution in [0.15, 0.2) is 30.7 Å². The van der Waals surface area contributed by atoms with Gasteiger partial charge < -0.3 is 9.64 Å². The molecule has 0 aliphatic carbocycles. The molecule has 1 fully saturated rings. The molecule has 1 aromatic heterocycles. The molecule has 0 N–H and O–H groups in total. The summed E-state index contributed by atoms with van der Waals surface area (Å²) in [5, 5.41) is 1.11. The van der Waals surface area contributed by atoms with Gasteiger partial charge in [0.25, 0.3) is 0 Å². The zero-order valence-electron chi connectivity index (χ0n) is 13.2. The Morgan fingerprint density at radius 2 is 2.09 bits per heavy atom. The van der Waals surface area contributed by atoms with E-state index in [1.54, 1.807) is 6.33 Å². The molecule has 4 nitrogen and oxygen atoms in total. The number of hydrogen-bond donors (Lipinski definition) is 0. The smallest absolute Gasteiger partial charge is 0.135 e. The SMILES string of the molecule is CC(C)c1cncnc1N1CCO[C@@H](c2ccc(Cl)c(Cl)c2)C1. The highest BCUT2D eigenvalue weighted by Gasteiger charge is 2.25. The van der Waals surface area contributed by atoms with Crippen LogP contribution >= 0.6 is 23.2 Å². The van der Waals surface area contributed by atoms with E-state index >= 15 is 0 Å². The molecule has 2 heterocycles. The minimum absolute atomic E-state index is 0.0477. The molecule has 1 saturated heterocycles. The van der Waals surface area contributed by atoms with Crippen LogP contribution in [0.1, 0.15) is 37.0 Å². The average Bonchev–Trinajstić information content (AvgIpc) is 2.57. The molecule has 0 bridgehead atoms. The number of rotatable bonds is 3.